The smallest absolute Gasteiger partial charge is 0.211 e. The Morgan fingerprint density at radius 3 is 3.05 bits per heavy atom. The second kappa shape index (κ2) is 4.91. The molecule has 108 valence electrons. The van der Waals surface area contributed by atoms with Gasteiger partial charge in [0.2, 0.25) is 10.0 Å². The second-order valence-electron chi connectivity index (χ2n) is 4.97. The zero-order chi connectivity index (χ0) is 14.3. The van der Waals surface area contributed by atoms with Crippen molar-refractivity contribution in [2.45, 2.75) is 12.5 Å². The van der Waals surface area contributed by atoms with Gasteiger partial charge in [-0.05, 0) is 12.5 Å². The van der Waals surface area contributed by atoms with E-state index in [-0.39, 0.29) is 6.04 Å². The molecule has 1 aliphatic rings. The van der Waals surface area contributed by atoms with E-state index in [4.69, 9.17) is 11.6 Å². The largest absolute Gasteiger partial charge is 0.379 e. The molecule has 0 saturated carbocycles. The molecule has 1 saturated heterocycles. The summed E-state index contributed by atoms with van der Waals surface area (Å²) in [6.07, 6.45) is 5.39. The van der Waals surface area contributed by atoms with Crippen molar-refractivity contribution in [3.8, 4) is 0 Å². The number of anilines is 1. The number of sulfonamides is 1. The Balaban J connectivity index is 1.84. The van der Waals surface area contributed by atoms with Crippen LogP contribution in [0.15, 0.2) is 18.5 Å². The van der Waals surface area contributed by atoms with Crippen molar-refractivity contribution in [3.63, 3.8) is 0 Å². The summed E-state index contributed by atoms with van der Waals surface area (Å²) in [5, 5.41) is 4.79. The first-order valence-electron chi connectivity index (χ1n) is 6.28. The number of pyridine rings is 1. The maximum Gasteiger partial charge on any atom is 0.211 e. The average Bonchev–Trinajstić information content (AvgIpc) is 3.00. The van der Waals surface area contributed by atoms with Crippen LogP contribution in [0, 0.1) is 0 Å². The highest BCUT2D eigenvalue weighted by molar-refractivity contribution is 7.88. The predicted octanol–water partition coefficient (Wildman–Crippen LogP) is 1.66. The third-order valence-corrected chi connectivity index (χ3v) is 5.07. The Bertz CT molecular complexity index is 743. The van der Waals surface area contributed by atoms with Gasteiger partial charge in [-0.1, -0.05) is 11.6 Å². The first kappa shape index (κ1) is 13.7. The molecular weight excluding hydrogens is 300 g/mol. The Morgan fingerprint density at radius 1 is 1.55 bits per heavy atom. The minimum Gasteiger partial charge on any atom is -0.379 e. The first-order valence-corrected chi connectivity index (χ1v) is 8.51. The van der Waals surface area contributed by atoms with Gasteiger partial charge in [-0.15, -0.1) is 0 Å². The molecule has 2 aromatic rings. The standard InChI is InChI=1S/C12H15ClN4O2S/c1-20(18,19)17-5-3-8(7-17)16-11-9-2-4-14-12(9)15-6-10(11)13/h2,4,6,8H,3,5,7H2,1H3,(H2,14,15,16)/t8-/m1/s1. The van der Waals surface area contributed by atoms with Gasteiger partial charge < -0.3 is 10.3 Å². The zero-order valence-electron chi connectivity index (χ0n) is 10.9. The topological polar surface area (TPSA) is 78.1 Å². The van der Waals surface area contributed by atoms with Crippen LogP contribution in [0.2, 0.25) is 5.02 Å². The highest BCUT2D eigenvalue weighted by Crippen LogP contribution is 2.31. The maximum atomic E-state index is 11.5. The third-order valence-electron chi connectivity index (χ3n) is 3.51. The molecule has 0 radical (unpaired) electrons. The number of hydrogen-bond donors (Lipinski definition) is 2. The van der Waals surface area contributed by atoms with Crippen LogP contribution in [-0.2, 0) is 10.0 Å². The molecule has 0 amide bonds. The van der Waals surface area contributed by atoms with Gasteiger partial charge >= 0.3 is 0 Å². The van der Waals surface area contributed by atoms with Crippen LogP contribution >= 0.6 is 11.6 Å². The van der Waals surface area contributed by atoms with Crippen LogP contribution in [0.5, 0.6) is 0 Å². The molecule has 1 atom stereocenters. The number of rotatable bonds is 3. The normalized spacial score (nSPS) is 20.6. The quantitative estimate of drug-likeness (QED) is 0.903. The lowest BCUT2D eigenvalue weighted by Crippen LogP contribution is -2.30. The zero-order valence-corrected chi connectivity index (χ0v) is 12.5. The van der Waals surface area contributed by atoms with E-state index in [1.165, 1.54) is 10.6 Å². The van der Waals surface area contributed by atoms with Gasteiger partial charge in [-0.2, -0.15) is 0 Å². The van der Waals surface area contributed by atoms with Crippen LogP contribution in [0.25, 0.3) is 11.0 Å². The predicted molar refractivity (Wildman–Crippen MR) is 79.5 cm³/mol. The molecular formula is C12H15ClN4O2S. The Kier molecular flexibility index (Phi) is 3.35. The molecule has 8 heteroatoms. The van der Waals surface area contributed by atoms with E-state index >= 15 is 0 Å². The van der Waals surface area contributed by atoms with E-state index in [9.17, 15) is 8.42 Å². The number of nitrogens with zero attached hydrogens (tertiary/aromatic N) is 2. The molecule has 1 aliphatic heterocycles. The number of nitrogens with one attached hydrogen (secondary N) is 2. The lowest BCUT2D eigenvalue weighted by molar-refractivity contribution is 0.480. The van der Waals surface area contributed by atoms with Crippen molar-refractivity contribution in [1.82, 2.24) is 14.3 Å². The van der Waals surface area contributed by atoms with Gasteiger partial charge in [-0.25, -0.2) is 17.7 Å². The van der Waals surface area contributed by atoms with Gasteiger partial charge in [0.05, 0.1) is 23.2 Å². The third kappa shape index (κ3) is 2.48. The van der Waals surface area contributed by atoms with Crippen LogP contribution in [0.3, 0.4) is 0 Å². The molecule has 3 rings (SSSR count). The number of hydrogen-bond acceptors (Lipinski definition) is 4. The van der Waals surface area contributed by atoms with Crippen molar-refractivity contribution >= 4 is 38.3 Å². The molecule has 0 aliphatic carbocycles. The van der Waals surface area contributed by atoms with Crippen molar-refractivity contribution in [1.29, 1.82) is 0 Å². The van der Waals surface area contributed by atoms with Crippen LogP contribution in [-0.4, -0.2) is 48.1 Å². The number of H-pyrrole nitrogens is 1. The number of aromatic amines is 1. The minimum absolute atomic E-state index is 0.0581. The molecule has 1 fully saturated rings. The van der Waals surface area contributed by atoms with Gasteiger partial charge in [-0.3, -0.25) is 0 Å². The lowest BCUT2D eigenvalue weighted by Gasteiger charge is -2.17. The van der Waals surface area contributed by atoms with Crippen molar-refractivity contribution in [2.24, 2.45) is 0 Å². The first-order chi connectivity index (χ1) is 9.45. The summed E-state index contributed by atoms with van der Waals surface area (Å²) in [7, 11) is -3.13. The highest BCUT2D eigenvalue weighted by atomic mass is 35.5. The van der Waals surface area contributed by atoms with E-state index in [0.717, 1.165) is 23.1 Å². The monoisotopic (exact) mass is 314 g/mol. The van der Waals surface area contributed by atoms with E-state index < -0.39 is 10.0 Å². The summed E-state index contributed by atoms with van der Waals surface area (Å²) >= 11 is 6.19. The summed E-state index contributed by atoms with van der Waals surface area (Å²) in [6, 6.07) is 1.96. The second-order valence-corrected chi connectivity index (χ2v) is 7.36. The van der Waals surface area contributed by atoms with Gasteiger partial charge in [0.1, 0.15) is 5.65 Å². The van der Waals surface area contributed by atoms with Gasteiger partial charge in [0.15, 0.2) is 0 Å². The summed E-state index contributed by atoms with van der Waals surface area (Å²) in [5.74, 6) is 0. The van der Waals surface area contributed by atoms with Gasteiger partial charge in [0.25, 0.3) is 0 Å². The molecule has 20 heavy (non-hydrogen) atoms. The fraction of sp³-hybridized carbons (Fsp3) is 0.417. The Morgan fingerprint density at radius 2 is 2.35 bits per heavy atom. The lowest BCUT2D eigenvalue weighted by atomic mass is 10.2. The summed E-state index contributed by atoms with van der Waals surface area (Å²) in [5.41, 5.74) is 1.56. The molecule has 0 spiro atoms. The molecule has 2 N–H and O–H groups in total. The summed E-state index contributed by atoms with van der Waals surface area (Å²) in [4.78, 5) is 7.23. The van der Waals surface area contributed by atoms with Gasteiger partial charge in [0, 0.05) is 30.7 Å². The van der Waals surface area contributed by atoms with E-state index in [1.54, 1.807) is 12.4 Å². The molecule has 3 heterocycles. The molecule has 0 bridgehead atoms. The van der Waals surface area contributed by atoms with E-state index in [2.05, 4.69) is 15.3 Å². The Hall–Kier alpha value is -1.31. The SMILES string of the molecule is CS(=O)(=O)N1CC[C@@H](Nc2c(Cl)cnc3[nH]ccc23)C1. The molecule has 0 unspecified atom stereocenters. The fourth-order valence-corrected chi connectivity index (χ4v) is 3.57. The number of fused-ring (bicyclic) bond motifs is 1. The minimum atomic E-state index is -3.13. The highest BCUT2D eigenvalue weighted by Gasteiger charge is 2.29. The van der Waals surface area contributed by atoms with Crippen LogP contribution in [0.4, 0.5) is 5.69 Å². The molecule has 2 aromatic heterocycles. The average molecular weight is 315 g/mol. The molecule has 6 nitrogen and oxygen atoms in total. The van der Waals surface area contributed by atoms with E-state index in [0.29, 0.717) is 18.1 Å². The van der Waals surface area contributed by atoms with Crippen molar-refractivity contribution < 1.29 is 8.42 Å². The number of aromatic nitrogens is 2. The van der Waals surface area contributed by atoms with Crippen molar-refractivity contribution in [2.75, 3.05) is 24.7 Å². The van der Waals surface area contributed by atoms with Crippen LogP contribution in [0.1, 0.15) is 6.42 Å². The van der Waals surface area contributed by atoms with E-state index in [1.807, 2.05) is 6.07 Å². The fourth-order valence-electron chi connectivity index (χ4n) is 2.48. The summed E-state index contributed by atoms with van der Waals surface area (Å²) in [6.45, 7) is 0.999. The number of halogens is 1. The Labute approximate surface area is 122 Å². The van der Waals surface area contributed by atoms with Crippen LogP contribution < -0.4 is 5.32 Å². The van der Waals surface area contributed by atoms with Crippen molar-refractivity contribution in [3.05, 3.63) is 23.5 Å². The summed E-state index contributed by atoms with van der Waals surface area (Å²) < 4.78 is 24.5. The maximum absolute atomic E-state index is 11.5. The molecule has 0 aromatic carbocycles.